The van der Waals surface area contributed by atoms with E-state index < -0.39 is 5.60 Å². The summed E-state index contributed by atoms with van der Waals surface area (Å²) in [6.45, 7) is 8.82. The van der Waals surface area contributed by atoms with E-state index in [-0.39, 0.29) is 0 Å². The third-order valence-corrected chi connectivity index (χ3v) is 5.65. The van der Waals surface area contributed by atoms with Crippen LogP contribution in [0.1, 0.15) is 59.8 Å². The van der Waals surface area contributed by atoms with E-state index in [2.05, 4.69) is 39.5 Å². The topological polar surface area (TPSA) is 20.2 Å². The van der Waals surface area contributed by atoms with Gasteiger partial charge in [-0.15, -0.1) is 0 Å². The Bertz CT molecular complexity index is 189. The summed E-state index contributed by atoms with van der Waals surface area (Å²) in [5.74, 6) is 0.736. The molecule has 15 heavy (non-hydrogen) atoms. The molecular weight excluding hydrogens is 204 g/mol. The molecule has 1 saturated heterocycles. The summed E-state index contributed by atoms with van der Waals surface area (Å²) in [6.07, 6.45) is 5.36. The van der Waals surface area contributed by atoms with E-state index in [0.29, 0.717) is 0 Å². The van der Waals surface area contributed by atoms with Crippen LogP contribution >= 0.6 is 11.8 Å². The second-order valence-electron chi connectivity index (χ2n) is 5.02. The van der Waals surface area contributed by atoms with Gasteiger partial charge in [-0.05, 0) is 38.0 Å². The van der Waals surface area contributed by atoms with Gasteiger partial charge in [-0.1, -0.05) is 27.7 Å². The first kappa shape index (κ1) is 13.4. The first-order chi connectivity index (χ1) is 7.04. The van der Waals surface area contributed by atoms with Crippen LogP contribution in [0.3, 0.4) is 0 Å². The van der Waals surface area contributed by atoms with Gasteiger partial charge >= 0.3 is 0 Å². The highest BCUT2D eigenvalue weighted by molar-refractivity contribution is 8.00. The maximum Gasteiger partial charge on any atom is 0.0645 e. The molecule has 0 radical (unpaired) electrons. The minimum atomic E-state index is -0.400. The van der Waals surface area contributed by atoms with Crippen molar-refractivity contribution in [3.8, 4) is 0 Å². The standard InChI is InChI=1S/C13H26OS/c1-5-12-11(8-10(4)15-12)9-13(14,6-2)7-3/h10-12,14H,5-9H2,1-4H3. The van der Waals surface area contributed by atoms with E-state index in [4.69, 9.17) is 0 Å². The quantitative estimate of drug-likeness (QED) is 0.774. The molecular formula is C13H26OS. The molecule has 1 heterocycles. The number of rotatable bonds is 5. The zero-order valence-corrected chi connectivity index (χ0v) is 11.4. The fourth-order valence-electron chi connectivity index (χ4n) is 2.71. The molecule has 1 aliphatic rings. The zero-order chi connectivity index (χ0) is 11.5. The molecule has 0 amide bonds. The lowest BCUT2D eigenvalue weighted by molar-refractivity contribution is 0.00742. The van der Waals surface area contributed by atoms with Crippen LogP contribution < -0.4 is 0 Å². The molecule has 1 N–H and O–H groups in total. The lowest BCUT2D eigenvalue weighted by Gasteiger charge is -2.30. The molecule has 1 aliphatic heterocycles. The highest BCUT2D eigenvalue weighted by Crippen LogP contribution is 2.44. The van der Waals surface area contributed by atoms with Crippen molar-refractivity contribution in [3.63, 3.8) is 0 Å². The van der Waals surface area contributed by atoms with Gasteiger partial charge in [0.15, 0.2) is 0 Å². The van der Waals surface area contributed by atoms with Gasteiger partial charge in [0.1, 0.15) is 0 Å². The van der Waals surface area contributed by atoms with E-state index in [1.807, 2.05) is 0 Å². The Morgan fingerprint density at radius 1 is 1.27 bits per heavy atom. The van der Waals surface area contributed by atoms with Crippen LogP contribution in [0.15, 0.2) is 0 Å². The van der Waals surface area contributed by atoms with Gasteiger partial charge in [0.2, 0.25) is 0 Å². The van der Waals surface area contributed by atoms with Gasteiger partial charge in [0.05, 0.1) is 5.60 Å². The van der Waals surface area contributed by atoms with Crippen LogP contribution in [0.4, 0.5) is 0 Å². The first-order valence-electron chi connectivity index (χ1n) is 6.42. The molecule has 2 heteroatoms. The highest BCUT2D eigenvalue weighted by Gasteiger charge is 2.36. The van der Waals surface area contributed by atoms with Crippen molar-refractivity contribution in [2.75, 3.05) is 0 Å². The summed E-state index contributed by atoms with van der Waals surface area (Å²) in [7, 11) is 0. The predicted molar refractivity (Wildman–Crippen MR) is 69.4 cm³/mol. The van der Waals surface area contributed by atoms with E-state index in [1.54, 1.807) is 0 Å². The largest absolute Gasteiger partial charge is 0.390 e. The summed E-state index contributed by atoms with van der Waals surface area (Å²) in [5.41, 5.74) is -0.400. The van der Waals surface area contributed by atoms with E-state index in [1.165, 1.54) is 12.8 Å². The predicted octanol–water partition coefficient (Wildman–Crippen LogP) is 3.85. The molecule has 0 bridgehead atoms. The minimum absolute atomic E-state index is 0.400. The van der Waals surface area contributed by atoms with Crippen LogP contribution in [-0.4, -0.2) is 21.2 Å². The second-order valence-corrected chi connectivity index (χ2v) is 6.71. The molecule has 0 aromatic carbocycles. The van der Waals surface area contributed by atoms with Gasteiger partial charge < -0.3 is 5.11 Å². The van der Waals surface area contributed by atoms with Crippen molar-refractivity contribution in [1.82, 2.24) is 0 Å². The molecule has 0 aromatic heterocycles. The summed E-state index contributed by atoms with van der Waals surface area (Å²) in [4.78, 5) is 0. The summed E-state index contributed by atoms with van der Waals surface area (Å²) in [5, 5.41) is 12.0. The van der Waals surface area contributed by atoms with Crippen molar-refractivity contribution in [2.24, 2.45) is 5.92 Å². The Balaban J connectivity index is 2.56. The number of thioether (sulfide) groups is 1. The fraction of sp³-hybridized carbons (Fsp3) is 1.00. The van der Waals surface area contributed by atoms with E-state index in [9.17, 15) is 5.11 Å². The Kier molecular flexibility index (Phi) is 4.98. The zero-order valence-electron chi connectivity index (χ0n) is 10.6. The van der Waals surface area contributed by atoms with Gasteiger partial charge in [0.25, 0.3) is 0 Å². The summed E-state index contributed by atoms with van der Waals surface area (Å²) >= 11 is 2.12. The monoisotopic (exact) mass is 230 g/mol. The third-order valence-electron chi connectivity index (χ3n) is 3.93. The third kappa shape index (κ3) is 3.39. The Morgan fingerprint density at radius 2 is 1.87 bits per heavy atom. The highest BCUT2D eigenvalue weighted by atomic mass is 32.2. The maximum absolute atomic E-state index is 10.4. The van der Waals surface area contributed by atoms with Gasteiger partial charge in [-0.25, -0.2) is 0 Å². The number of hydrogen-bond acceptors (Lipinski definition) is 2. The van der Waals surface area contributed by atoms with Crippen LogP contribution in [0.25, 0.3) is 0 Å². The minimum Gasteiger partial charge on any atom is -0.390 e. The lowest BCUT2D eigenvalue weighted by Crippen LogP contribution is -2.31. The molecule has 0 aliphatic carbocycles. The van der Waals surface area contributed by atoms with E-state index >= 15 is 0 Å². The van der Waals surface area contributed by atoms with Crippen molar-refractivity contribution < 1.29 is 5.11 Å². The molecule has 3 atom stereocenters. The summed E-state index contributed by atoms with van der Waals surface area (Å²) < 4.78 is 0. The van der Waals surface area contributed by atoms with Crippen molar-refractivity contribution in [1.29, 1.82) is 0 Å². The average Bonchev–Trinajstić information content (AvgIpc) is 2.58. The van der Waals surface area contributed by atoms with Crippen LogP contribution in [0.5, 0.6) is 0 Å². The van der Waals surface area contributed by atoms with Gasteiger partial charge in [-0.3, -0.25) is 0 Å². The Hall–Kier alpha value is 0.310. The number of hydrogen-bond donors (Lipinski definition) is 1. The summed E-state index contributed by atoms with van der Waals surface area (Å²) in [6, 6.07) is 0. The van der Waals surface area contributed by atoms with Crippen LogP contribution in [0, 0.1) is 5.92 Å². The maximum atomic E-state index is 10.4. The van der Waals surface area contributed by atoms with Crippen molar-refractivity contribution in [3.05, 3.63) is 0 Å². The molecule has 1 rings (SSSR count). The van der Waals surface area contributed by atoms with Crippen LogP contribution in [-0.2, 0) is 0 Å². The normalized spacial score (nSPS) is 32.2. The molecule has 1 nitrogen and oxygen atoms in total. The SMILES string of the molecule is CCC1SC(C)CC1CC(O)(CC)CC. The van der Waals surface area contributed by atoms with Gasteiger partial charge in [-0.2, -0.15) is 11.8 Å². The molecule has 0 spiro atoms. The Morgan fingerprint density at radius 3 is 2.33 bits per heavy atom. The molecule has 0 aromatic rings. The molecule has 1 fully saturated rings. The first-order valence-corrected chi connectivity index (χ1v) is 7.36. The number of aliphatic hydroxyl groups is 1. The molecule has 90 valence electrons. The fourth-order valence-corrected chi connectivity index (χ4v) is 4.29. The lowest BCUT2D eigenvalue weighted by atomic mass is 9.82. The van der Waals surface area contributed by atoms with Crippen LogP contribution in [0.2, 0.25) is 0 Å². The van der Waals surface area contributed by atoms with Crippen molar-refractivity contribution in [2.45, 2.75) is 75.9 Å². The molecule has 3 unspecified atom stereocenters. The second kappa shape index (κ2) is 5.58. The molecule has 0 saturated carbocycles. The average molecular weight is 230 g/mol. The Labute approximate surface area is 99.0 Å². The van der Waals surface area contributed by atoms with E-state index in [0.717, 1.165) is 35.7 Å². The smallest absolute Gasteiger partial charge is 0.0645 e. The van der Waals surface area contributed by atoms with Crippen molar-refractivity contribution >= 4 is 11.8 Å². The van der Waals surface area contributed by atoms with Gasteiger partial charge in [0, 0.05) is 10.5 Å².